The van der Waals surface area contributed by atoms with Gasteiger partial charge in [0.05, 0.1) is 12.8 Å². The van der Waals surface area contributed by atoms with E-state index in [1.54, 1.807) is 19.3 Å². The lowest BCUT2D eigenvalue weighted by Gasteiger charge is -2.13. The molecule has 0 aliphatic carbocycles. The monoisotopic (exact) mass is 318 g/mol. The van der Waals surface area contributed by atoms with Crippen LogP contribution >= 0.6 is 11.6 Å². The van der Waals surface area contributed by atoms with Gasteiger partial charge >= 0.3 is 0 Å². The highest BCUT2D eigenvalue weighted by Crippen LogP contribution is 2.32. The minimum absolute atomic E-state index is 0.548. The molecule has 6 heteroatoms. The molecule has 0 aliphatic rings. The Morgan fingerprint density at radius 2 is 2.05 bits per heavy atom. The summed E-state index contributed by atoms with van der Waals surface area (Å²) in [6, 6.07) is 5.57. The van der Waals surface area contributed by atoms with Crippen LogP contribution < -0.4 is 15.4 Å². The Hall–Kier alpha value is -2.27. The Balaban J connectivity index is 2.32. The van der Waals surface area contributed by atoms with Crippen molar-refractivity contribution in [3.05, 3.63) is 47.1 Å². The van der Waals surface area contributed by atoms with Crippen LogP contribution in [0.2, 0.25) is 5.02 Å². The van der Waals surface area contributed by atoms with Gasteiger partial charge in [-0.1, -0.05) is 17.7 Å². The summed E-state index contributed by atoms with van der Waals surface area (Å²) in [5, 5.41) is 6.99. The molecule has 0 fully saturated rings. The molecule has 116 valence electrons. The number of benzene rings is 1. The molecular formula is C16H19ClN4O. The molecule has 0 aliphatic heterocycles. The van der Waals surface area contributed by atoms with Crippen LogP contribution in [0.25, 0.3) is 0 Å². The fraction of sp³-hybridized carbons (Fsp3) is 0.250. The van der Waals surface area contributed by atoms with Crippen molar-refractivity contribution in [2.75, 3.05) is 24.3 Å². The number of methoxy groups -OCH3 is 1. The van der Waals surface area contributed by atoms with E-state index in [0.29, 0.717) is 29.1 Å². The molecule has 2 rings (SSSR count). The third-order valence-electron chi connectivity index (χ3n) is 3.00. The molecule has 5 nitrogen and oxygen atoms in total. The van der Waals surface area contributed by atoms with Gasteiger partial charge in [0.25, 0.3) is 0 Å². The van der Waals surface area contributed by atoms with Crippen molar-refractivity contribution in [3.63, 3.8) is 0 Å². The molecule has 1 heterocycles. The van der Waals surface area contributed by atoms with E-state index in [4.69, 9.17) is 16.3 Å². The van der Waals surface area contributed by atoms with Crippen molar-refractivity contribution in [2.45, 2.75) is 13.8 Å². The predicted molar refractivity (Wildman–Crippen MR) is 91.5 cm³/mol. The van der Waals surface area contributed by atoms with Crippen molar-refractivity contribution in [1.82, 2.24) is 9.97 Å². The number of nitrogens with zero attached hydrogens (tertiary/aromatic N) is 2. The molecule has 0 saturated carbocycles. The lowest BCUT2D eigenvalue weighted by atomic mass is 10.2. The lowest BCUT2D eigenvalue weighted by molar-refractivity contribution is 0.416. The van der Waals surface area contributed by atoms with E-state index in [9.17, 15) is 0 Å². The molecule has 2 N–H and O–H groups in total. The zero-order valence-corrected chi connectivity index (χ0v) is 13.7. The van der Waals surface area contributed by atoms with Gasteiger partial charge in [0.15, 0.2) is 0 Å². The standard InChI is InChI=1S/C16H19ClN4O/c1-5-6-18-16-19-11(3)8-15(21-16)20-13-7-10(2)12(17)9-14(13)22-4/h5,7-9H,1,6H2,2-4H3,(H2,18,19,20,21). The molecule has 0 spiro atoms. The first-order valence-corrected chi connectivity index (χ1v) is 7.23. The minimum Gasteiger partial charge on any atom is -0.495 e. The summed E-state index contributed by atoms with van der Waals surface area (Å²) in [4.78, 5) is 8.75. The minimum atomic E-state index is 0.548. The highest BCUT2D eigenvalue weighted by Gasteiger charge is 2.09. The zero-order chi connectivity index (χ0) is 16.1. The highest BCUT2D eigenvalue weighted by atomic mass is 35.5. The second-order valence-corrected chi connectivity index (χ2v) is 5.22. The lowest BCUT2D eigenvalue weighted by Crippen LogP contribution is -2.06. The van der Waals surface area contributed by atoms with Gasteiger partial charge in [0.1, 0.15) is 11.6 Å². The summed E-state index contributed by atoms with van der Waals surface area (Å²) < 4.78 is 5.36. The molecule has 1 aromatic heterocycles. The van der Waals surface area contributed by atoms with E-state index in [1.807, 2.05) is 26.0 Å². The Morgan fingerprint density at radius 3 is 2.73 bits per heavy atom. The molecule has 22 heavy (non-hydrogen) atoms. The van der Waals surface area contributed by atoms with E-state index >= 15 is 0 Å². The van der Waals surface area contributed by atoms with Crippen LogP contribution in [0.1, 0.15) is 11.3 Å². The summed E-state index contributed by atoms with van der Waals surface area (Å²) in [5.74, 6) is 1.89. The smallest absolute Gasteiger partial charge is 0.225 e. The molecule has 1 aromatic carbocycles. The van der Waals surface area contributed by atoms with Crippen LogP contribution in [0.15, 0.2) is 30.9 Å². The topological polar surface area (TPSA) is 59.1 Å². The van der Waals surface area contributed by atoms with Crippen molar-refractivity contribution < 1.29 is 4.74 Å². The number of ether oxygens (including phenoxy) is 1. The molecule has 0 bridgehead atoms. The van der Waals surface area contributed by atoms with E-state index in [1.165, 1.54) is 0 Å². The Morgan fingerprint density at radius 1 is 1.27 bits per heavy atom. The number of halogens is 1. The van der Waals surface area contributed by atoms with Gasteiger partial charge in [0, 0.05) is 29.4 Å². The van der Waals surface area contributed by atoms with Gasteiger partial charge in [-0.15, -0.1) is 6.58 Å². The highest BCUT2D eigenvalue weighted by molar-refractivity contribution is 6.31. The summed E-state index contributed by atoms with van der Waals surface area (Å²) in [5.41, 5.74) is 2.62. The normalized spacial score (nSPS) is 10.2. The first-order valence-electron chi connectivity index (χ1n) is 6.85. The molecule has 0 amide bonds. The average molecular weight is 319 g/mol. The molecule has 2 aromatic rings. The third-order valence-corrected chi connectivity index (χ3v) is 3.41. The SMILES string of the molecule is C=CCNc1nc(C)cc(Nc2cc(C)c(Cl)cc2OC)n1. The fourth-order valence-electron chi connectivity index (χ4n) is 1.94. The van der Waals surface area contributed by atoms with Gasteiger partial charge in [0.2, 0.25) is 5.95 Å². The quantitative estimate of drug-likeness (QED) is 0.785. The zero-order valence-electron chi connectivity index (χ0n) is 12.9. The summed E-state index contributed by atoms with van der Waals surface area (Å²) in [6.45, 7) is 8.12. The maximum atomic E-state index is 6.12. The molecule has 0 unspecified atom stereocenters. The number of aromatic nitrogens is 2. The first-order chi connectivity index (χ1) is 10.5. The first kappa shape index (κ1) is 16.1. The van der Waals surface area contributed by atoms with Crippen molar-refractivity contribution in [2.24, 2.45) is 0 Å². The number of rotatable bonds is 6. The van der Waals surface area contributed by atoms with Gasteiger partial charge < -0.3 is 15.4 Å². The van der Waals surface area contributed by atoms with Gasteiger partial charge in [-0.25, -0.2) is 4.98 Å². The second kappa shape index (κ2) is 7.13. The Bertz CT molecular complexity index is 688. The van der Waals surface area contributed by atoms with Crippen LogP contribution in [0.5, 0.6) is 5.75 Å². The molecular weight excluding hydrogens is 300 g/mol. The molecule has 0 saturated heterocycles. The van der Waals surface area contributed by atoms with Crippen molar-refractivity contribution >= 4 is 29.1 Å². The fourth-order valence-corrected chi connectivity index (χ4v) is 2.10. The second-order valence-electron chi connectivity index (χ2n) is 4.81. The summed E-state index contributed by atoms with van der Waals surface area (Å²) in [6.07, 6.45) is 1.75. The summed E-state index contributed by atoms with van der Waals surface area (Å²) >= 11 is 6.12. The van der Waals surface area contributed by atoms with Crippen LogP contribution in [-0.4, -0.2) is 23.6 Å². The van der Waals surface area contributed by atoms with Crippen LogP contribution in [-0.2, 0) is 0 Å². The summed E-state index contributed by atoms with van der Waals surface area (Å²) in [7, 11) is 1.61. The predicted octanol–water partition coefficient (Wildman–Crippen LogP) is 4.10. The number of anilines is 3. The molecule has 0 radical (unpaired) electrons. The van der Waals surface area contributed by atoms with Crippen molar-refractivity contribution in [1.29, 1.82) is 0 Å². The van der Waals surface area contributed by atoms with Gasteiger partial charge in [-0.05, 0) is 25.5 Å². The Labute approximate surface area is 135 Å². The maximum Gasteiger partial charge on any atom is 0.225 e. The van der Waals surface area contributed by atoms with E-state index < -0.39 is 0 Å². The van der Waals surface area contributed by atoms with Crippen LogP contribution in [0.4, 0.5) is 17.5 Å². The number of hydrogen-bond acceptors (Lipinski definition) is 5. The largest absolute Gasteiger partial charge is 0.495 e. The third kappa shape index (κ3) is 3.89. The van der Waals surface area contributed by atoms with Gasteiger partial charge in [-0.2, -0.15) is 4.98 Å². The number of aryl methyl sites for hydroxylation is 2. The van der Waals surface area contributed by atoms with E-state index in [0.717, 1.165) is 16.9 Å². The Kier molecular flexibility index (Phi) is 5.22. The van der Waals surface area contributed by atoms with Crippen LogP contribution in [0, 0.1) is 13.8 Å². The van der Waals surface area contributed by atoms with E-state index in [2.05, 4.69) is 27.2 Å². The molecule has 0 atom stereocenters. The van der Waals surface area contributed by atoms with Crippen LogP contribution in [0.3, 0.4) is 0 Å². The average Bonchev–Trinajstić information content (AvgIpc) is 2.48. The number of nitrogens with one attached hydrogen (secondary N) is 2. The number of hydrogen-bond donors (Lipinski definition) is 2. The van der Waals surface area contributed by atoms with Gasteiger partial charge in [-0.3, -0.25) is 0 Å². The van der Waals surface area contributed by atoms with E-state index in [-0.39, 0.29) is 0 Å². The van der Waals surface area contributed by atoms with Crippen molar-refractivity contribution in [3.8, 4) is 5.75 Å². The maximum absolute atomic E-state index is 6.12.